The number of esters is 1. The van der Waals surface area contributed by atoms with Crippen LogP contribution in [0.4, 0.5) is 5.69 Å². The molecule has 2 unspecified atom stereocenters. The molecule has 0 spiro atoms. The minimum atomic E-state index is -0.405. The van der Waals surface area contributed by atoms with Crippen LogP contribution in [0.5, 0.6) is 0 Å². The molecule has 1 fully saturated rings. The number of anilines is 1. The Kier molecular flexibility index (Phi) is 7.18. The third-order valence-corrected chi connectivity index (χ3v) is 7.05. The summed E-state index contributed by atoms with van der Waals surface area (Å²) in [6, 6.07) is 27.1. The van der Waals surface area contributed by atoms with Gasteiger partial charge in [-0.3, -0.25) is 4.90 Å². The lowest BCUT2D eigenvalue weighted by Gasteiger charge is -2.39. The molecule has 8 nitrogen and oxygen atoms in total. The van der Waals surface area contributed by atoms with Crippen LogP contribution in [-0.4, -0.2) is 58.5 Å². The molecule has 190 valence electrons. The number of methoxy groups -OCH3 is 1. The minimum Gasteiger partial charge on any atom is -0.468 e. The van der Waals surface area contributed by atoms with Crippen LogP contribution < -0.4 is 10.6 Å². The Morgan fingerprint density at radius 1 is 0.811 bits per heavy atom. The van der Waals surface area contributed by atoms with Crippen LogP contribution in [0.2, 0.25) is 0 Å². The first-order valence-corrected chi connectivity index (χ1v) is 12.5. The molecule has 0 aliphatic carbocycles. The van der Waals surface area contributed by atoms with Crippen molar-refractivity contribution in [3.63, 3.8) is 0 Å². The molecule has 1 aliphatic rings. The molecule has 1 saturated heterocycles. The van der Waals surface area contributed by atoms with Gasteiger partial charge in [0.2, 0.25) is 0 Å². The molecule has 0 saturated carbocycles. The molecule has 37 heavy (non-hydrogen) atoms. The molecule has 1 aromatic heterocycles. The van der Waals surface area contributed by atoms with Crippen molar-refractivity contribution >= 4 is 11.7 Å². The summed E-state index contributed by atoms with van der Waals surface area (Å²) >= 11 is 0. The lowest BCUT2D eigenvalue weighted by atomic mass is 10.0. The van der Waals surface area contributed by atoms with Crippen molar-refractivity contribution in [2.75, 3.05) is 38.2 Å². The maximum atomic E-state index is 13.1. The number of nitrogens with zero attached hydrogens (tertiary/aromatic N) is 5. The Morgan fingerprint density at radius 3 is 1.97 bits per heavy atom. The lowest BCUT2D eigenvalue weighted by Crippen LogP contribution is -2.49. The summed E-state index contributed by atoms with van der Waals surface area (Å²) in [5.41, 5.74) is 3.66. The van der Waals surface area contributed by atoms with E-state index in [1.807, 2.05) is 91.9 Å². The lowest BCUT2D eigenvalue weighted by molar-refractivity contribution is -0.147. The Hall–Kier alpha value is -4.17. The van der Waals surface area contributed by atoms with Gasteiger partial charge in [-0.25, -0.2) is 18.8 Å². The Balaban J connectivity index is 1.27. The van der Waals surface area contributed by atoms with Crippen molar-refractivity contribution in [3.8, 4) is 5.69 Å². The van der Waals surface area contributed by atoms with E-state index in [-0.39, 0.29) is 17.7 Å². The van der Waals surface area contributed by atoms with E-state index in [0.717, 1.165) is 48.7 Å². The van der Waals surface area contributed by atoms with Crippen molar-refractivity contribution in [1.82, 2.24) is 19.2 Å². The van der Waals surface area contributed by atoms with Gasteiger partial charge in [-0.2, -0.15) is 5.10 Å². The largest absolute Gasteiger partial charge is 0.468 e. The van der Waals surface area contributed by atoms with Crippen LogP contribution in [0.25, 0.3) is 5.69 Å². The summed E-state index contributed by atoms with van der Waals surface area (Å²) in [5.74, 6) is -0.239. The van der Waals surface area contributed by atoms with Gasteiger partial charge in [0.1, 0.15) is 12.4 Å². The molecule has 0 bridgehead atoms. The number of benzene rings is 3. The van der Waals surface area contributed by atoms with Crippen LogP contribution in [0.3, 0.4) is 0 Å². The maximum absolute atomic E-state index is 13.1. The smallest absolute Gasteiger partial charge is 0.350 e. The Bertz CT molecular complexity index is 1370. The fraction of sp³-hybridized carbons (Fsp3) is 0.276. The third-order valence-electron chi connectivity index (χ3n) is 7.05. The molecule has 4 aromatic rings. The molecule has 2 atom stereocenters. The van der Waals surface area contributed by atoms with E-state index >= 15 is 0 Å². The molecule has 8 heteroatoms. The van der Waals surface area contributed by atoms with Crippen molar-refractivity contribution < 1.29 is 9.53 Å². The molecular formula is C29H31N5O3. The van der Waals surface area contributed by atoms with Gasteiger partial charge in [0, 0.05) is 31.9 Å². The number of ether oxygens (including phenoxy) is 1. The summed E-state index contributed by atoms with van der Waals surface area (Å²) in [6.45, 7) is 5.01. The fourth-order valence-electron chi connectivity index (χ4n) is 4.94. The minimum absolute atomic E-state index is 0.157. The van der Waals surface area contributed by atoms with E-state index in [1.165, 1.54) is 11.8 Å². The first-order valence-electron chi connectivity index (χ1n) is 12.5. The summed E-state index contributed by atoms with van der Waals surface area (Å²) < 4.78 is 8.19. The van der Waals surface area contributed by atoms with E-state index in [0.29, 0.717) is 0 Å². The number of carbonyl (C=O) groups is 1. The zero-order valence-electron chi connectivity index (χ0n) is 21.1. The third kappa shape index (κ3) is 5.06. The topological polar surface area (TPSA) is 72.6 Å². The Labute approximate surface area is 216 Å². The summed E-state index contributed by atoms with van der Waals surface area (Å²) in [4.78, 5) is 30.1. The molecule has 0 N–H and O–H groups in total. The average Bonchev–Trinajstić information content (AvgIpc) is 3.35. The van der Waals surface area contributed by atoms with E-state index in [1.54, 1.807) is 10.9 Å². The number of piperazine rings is 1. The zero-order chi connectivity index (χ0) is 25.8. The SMILES string of the molecule is COC(=O)C(c1ccccc1)N1CCN(c2ccc(-n3cnn(C(C)c4ccccc4)c3=O)cc2)CC1. The monoisotopic (exact) mass is 497 g/mol. The van der Waals surface area contributed by atoms with Crippen LogP contribution in [0.1, 0.15) is 30.1 Å². The highest BCUT2D eigenvalue weighted by Gasteiger charge is 2.31. The van der Waals surface area contributed by atoms with E-state index in [2.05, 4.69) is 14.9 Å². The number of rotatable bonds is 7. The summed E-state index contributed by atoms with van der Waals surface area (Å²) in [7, 11) is 1.44. The molecule has 1 aliphatic heterocycles. The highest BCUT2D eigenvalue weighted by atomic mass is 16.5. The maximum Gasteiger partial charge on any atom is 0.350 e. The van der Waals surface area contributed by atoms with Crippen LogP contribution in [0.15, 0.2) is 96.1 Å². The van der Waals surface area contributed by atoms with Crippen LogP contribution >= 0.6 is 0 Å². The molecule has 0 amide bonds. The van der Waals surface area contributed by atoms with E-state index < -0.39 is 6.04 Å². The Morgan fingerprint density at radius 2 is 1.38 bits per heavy atom. The molecule has 0 radical (unpaired) electrons. The predicted molar refractivity (Wildman–Crippen MR) is 143 cm³/mol. The van der Waals surface area contributed by atoms with Gasteiger partial charge in [-0.15, -0.1) is 0 Å². The summed E-state index contributed by atoms with van der Waals surface area (Å²) in [6.07, 6.45) is 1.58. The second kappa shape index (κ2) is 10.8. The average molecular weight is 498 g/mol. The van der Waals surface area contributed by atoms with E-state index in [4.69, 9.17) is 4.74 Å². The molecule has 5 rings (SSSR count). The van der Waals surface area contributed by atoms with Gasteiger partial charge in [0.15, 0.2) is 0 Å². The number of aromatic nitrogens is 3. The zero-order valence-corrected chi connectivity index (χ0v) is 21.1. The van der Waals surface area contributed by atoms with E-state index in [9.17, 15) is 9.59 Å². The van der Waals surface area contributed by atoms with Crippen molar-refractivity contribution in [3.05, 3.63) is 113 Å². The highest BCUT2D eigenvalue weighted by Crippen LogP contribution is 2.26. The molecular weight excluding hydrogens is 466 g/mol. The van der Waals surface area contributed by atoms with Crippen molar-refractivity contribution in [2.45, 2.75) is 19.0 Å². The predicted octanol–water partition coefficient (Wildman–Crippen LogP) is 3.68. The first kappa shape index (κ1) is 24.5. The molecule has 2 heterocycles. The van der Waals surface area contributed by atoms with Crippen LogP contribution in [0, 0.1) is 0 Å². The quantitative estimate of drug-likeness (QED) is 0.363. The van der Waals surface area contributed by atoms with Gasteiger partial charge >= 0.3 is 11.7 Å². The fourth-order valence-corrected chi connectivity index (χ4v) is 4.94. The van der Waals surface area contributed by atoms with Crippen molar-refractivity contribution in [2.24, 2.45) is 0 Å². The van der Waals surface area contributed by atoms with Gasteiger partial charge in [0.05, 0.1) is 18.8 Å². The van der Waals surface area contributed by atoms with Crippen LogP contribution in [-0.2, 0) is 9.53 Å². The van der Waals surface area contributed by atoms with Gasteiger partial charge in [-0.05, 0) is 42.3 Å². The number of hydrogen-bond donors (Lipinski definition) is 0. The molecule has 3 aromatic carbocycles. The van der Waals surface area contributed by atoms with Gasteiger partial charge in [0.25, 0.3) is 0 Å². The summed E-state index contributed by atoms with van der Waals surface area (Å²) in [5, 5.41) is 4.37. The first-order chi connectivity index (χ1) is 18.1. The normalized spacial score (nSPS) is 15.8. The second-order valence-electron chi connectivity index (χ2n) is 9.19. The van der Waals surface area contributed by atoms with Crippen molar-refractivity contribution in [1.29, 1.82) is 0 Å². The van der Waals surface area contributed by atoms with Gasteiger partial charge < -0.3 is 9.64 Å². The standard InChI is InChI=1S/C29H31N5O3/c1-22(23-9-5-3-6-10-23)34-29(36)33(21-30-34)26-15-13-25(14-16-26)31-17-19-32(20-18-31)27(28(35)37-2)24-11-7-4-8-12-24/h3-16,21-22,27H,17-20H2,1-2H3. The number of carbonyl (C=O) groups excluding carboxylic acids is 1. The van der Waals surface area contributed by atoms with Gasteiger partial charge in [-0.1, -0.05) is 60.7 Å². The highest BCUT2D eigenvalue weighted by molar-refractivity contribution is 5.77. The number of hydrogen-bond acceptors (Lipinski definition) is 6. The second-order valence-corrected chi connectivity index (χ2v) is 9.19.